The molecule has 118 valence electrons. The first-order chi connectivity index (χ1) is 9.61. The van der Waals surface area contributed by atoms with Crippen LogP contribution in [0.4, 0.5) is 0 Å². The van der Waals surface area contributed by atoms with Gasteiger partial charge in [0.1, 0.15) is 0 Å². The monoisotopic (exact) mass is 284 g/mol. The van der Waals surface area contributed by atoms with E-state index in [4.69, 9.17) is 10.5 Å². The van der Waals surface area contributed by atoms with E-state index in [1.165, 1.54) is 32.1 Å². The van der Waals surface area contributed by atoms with Gasteiger partial charge in [0.15, 0.2) is 0 Å². The van der Waals surface area contributed by atoms with Crippen molar-refractivity contribution in [3.05, 3.63) is 0 Å². The summed E-state index contributed by atoms with van der Waals surface area (Å²) in [7, 11) is 0. The molecule has 0 radical (unpaired) electrons. The van der Waals surface area contributed by atoms with Gasteiger partial charge in [-0.15, -0.1) is 0 Å². The average molecular weight is 284 g/mol. The van der Waals surface area contributed by atoms with Crippen molar-refractivity contribution in [3.63, 3.8) is 0 Å². The number of nitrogens with two attached hydrogens (primary N) is 1. The maximum absolute atomic E-state index is 11.8. The van der Waals surface area contributed by atoms with Crippen molar-refractivity contribution in [2.75, 3.05) is 19.7 Å². The average Bonchev–Trinajstić information content (AvgIpc) is 2.43. The van der Waals surface area contributed by atoms with E-state index >= 15 is 0 Å². The zero-order valence-corrected chi connectivity index (χ0v) is 13.2. The first-order valence-corrected chi connectivity index (χ1v) is 8.20. The lowest BCUT2D eigenvalue weighted by molar-refractivity contribution is -0.122. The molecule has 1 rings (SSSR count). The molecule has 1 saturated carbocycles. The molecule has 0 aromatic rings. The second-order valence-electron chi connectivity index (χ2n) is 6.42. The van der Waals surface area contributed by atoms with Gasteiger partial charge < -0.3 is 15.8 Å². The van der Waals surface area contributed by atoms with Gasteiger partial charge in [-0.3, -0.25) is 4.79 Å². The van der Waals surface area contributed by atoms with E-state index in [2.05, 4.69) is 19.2 Å². The summed E-state index contributed by atoms with van der Waals surface area (Å²) >= 11 is 0. The lowest BCUT2D eigenvalue weighted by Crippen LogP contribution is -2.32. The summed E-state index contributed by atoms with van der Waals surface area (Å²) in [5.41, 5.74) is 5.72. The predicted octanol–water partition coefficient (Wildman–Crippen LogP) is 2.46. The molecule has 0 heterocycles. The Morgan fingerprint density at radius 2 is 2.00 bits per heavy atom. The highest BCUT2D eigenvalue weighted by molar-refractivity contribution is 5.76. The number of hydrogen-bond donors (Lipinski definition) is 2. The quantitative estimate of drug-likeness (QED) is 0.639. The molecule has 20 heavy (non-hydrogen) atoms. The Labute approximate surface area is 123 Å². The summed E-state index contributed by atoms with van der Waals surface area (Å²) in [5, 5.41) is 2.94. The van der Waals surface area contributed by atoms with Gasteiger partial charge in [0.25, 0.3) is 0 Å². The fourth-order valence-electron chi connectivity index (χ4n) is 2.91. The van der Waals surface area contributed by atoms with Crippen molar-refractivity contribution in [1.29, 1.82) is 0 Å². The molecule has 0 aromatic heterocycles. The van der Waals surface area contributed by atoms with Gasteiger partial charge in [-0.1, -0.05) is 33.1 Å². The van der Waals surface area contributed by atoms with Gasteiger partial charge >= 0.3 is 0 Å². The largest absolute Gasteiger partial charge is 0.376 e. The van der Waals surface area contributed by atoms with Gasteiger partial charge in [-0.05, 0) is 37.6 Å². The lowest BCUT2D eigenvalue weighted by Gasteiger charge is -2.22. The molecule has 0 spiro atoms. The Morgan fingerprint density at radius 3 is 2.60 bits per heavy atom. The zero-order chi connectivity index (χ0) is 14.8. The van der Waals surface area contributed by atoms with Gasteiger partial charge in [-0.25, -0.2) is 0 Å². The first kappa shape index (κ1) is 17.4. The van der Waals surface area contributed by atoms with Crippen LogP contribution < -0.4 is 11.1 Å². The number of amides is 1. The highest BCUT2D eigenvalue weighted by Crippen LogP contribution is 2.19. The summed E-state index contributed by atoms with van der Waals surface area (Å²) in [4.78, 5) is 11.8. The number of carbonyl (C=O) groups excluding carboxylic acids is 1. The molecule has 0 aromatic carbocycles. The lowest BCUT2D eigenvalue weighted by atomic mass is 9.94. The smallest absolute Gasteiger partial charge is 0.220 e. The van der Waals surface area contributed by atoms with Crippen LogP contribution >= 0.6 is 0 Å². The van der Waals surface area contributed by atoms with E-state index in [9.17, 15) is 4.79 Å². The van der Waals surface area contributed by atoms with Gasteiger partial charge in [0, 0.05) is 13.0 Å². The molecule has 4 heteroatoms. The van der Waals surface area contributed by atoms with Crippen LogP contribution in [-0.4, -0.2) is 31.7 Å². The van der Waals surface area contributed by atoms with Gasteiger partial charge in [-0.2, -0.15) is 0 Å². The van der Waals surface area contributed by atoms with Crippen molar-refractivity contribution in [2.45, 2.75) is 64.9 Å². The fourth-order valence-corrected chi connectivity index (χ4v) is 2.91. The maximum atomic E-state index is 11.8. The third-order valence-corrected chi connectivity index (χ3v) is 3.94. The zero-order valence-electron chi connectivity index (χ0n) is 13.2. The minimum atomic E-state index is 0.105. The van der Waals surface area contributed by atoms with Gasteiger partial charge in [0.2, 0.25) is 5.91 Å². The Kier molecular flexibility index (Phi) is 8.86. The number of hydrogen-bond acceptors (Lipinski definition) is 3. The maximum Gasteiger partial charge on any atom is 0.220 e. The Morgan fingerprint density at radius 1 is 1.30 bits per heavy atom. The molecule has 1 aliphatic carbocycles. The summed E-state index contributed by atoms with van der Waals surface area (Å²) in [6.07, 6.45) is 8.23. The van der Waals surface area contributed by atoms with Crippen molar-refractivity contribution in [1.82, 2.24) is 5.32 Å². The Bertz CT molecular complexity index is 263. The molecular weight excluding hydrogens is 252 g/mol. The fraction of sp³-hybridized carbons (Fsp3) is 0.938. The van der Waals surface area contributed by atoms with Crippen LogP contribution in [0.2, 0.25) is 0 Å². The van der Waals surface area contributed by atoms with Crippen LogP contribution in [0, 0.1) is 11.8 Å². The van der Waals surface area contributed by atoms with Crippen LogP contribution in [0.5, 0.6) is 0 Å². The molecule has 1 fully saturated rings. The molecule has 1 aliphatic rings. The van der Waals surface area contributed by atoms with Crippen LogP contribution in [0.25, 0.3) is 0 Å². The number of rotatable bonds is 9. The van der Waals surface area contributed by atoms with E-state index < -0.39 is 0 Å². The normalized spacial score (nSPS) is 18.2. The SMILES string of the molecule is CC(C)C[C@H](CN)CC(=O)NCCOC1CCCCC1. The van der Waals surface area contributed by atoms with Crippen LogP contribution in [-0.2, 0) is 9.53 Å². The molecule has 0 unspecified atom stereocenters. The highest BCUT2D eigenvalue weighted by Gasteiger charge is 2.15. The molecule has 0 bridgehead atoms. The van der Waals surface area contributed by atoms with E-state index in [-0.39, 0.29) is 5.91 Å². The van der Waals surface area contributed by atoms with Crippen LogP contribution in [0.1, 0.15) is 58.8 Å². The number of carbonyl (C=O) groups is 1. The summed E-state index contributed by atoms with van der Waals surface area (Å²) < 4.78 is 5.79. The number of ether oxygens (including phenoxy) is 1. The van der Waals surface area contributed by atoms with Crippen LogP contribution in [0.3, 0.4) is 0 Å². The summed E-state index contributed by atoms with van der Waals surface area (Å²) in [6, 6.07) is 0. The van der Waals surface area contributed by atoms with E-state index in [1.54, 1.807) is 0 Å². The third-order valence-electron chi connectivity index (χ3n) is 3.94. The van der Waals surface area contributed by atoms with Crippen molar-refractivity contribution < 1.29 is 9.53 Å². The predicted molar refractivity (Wildman–Crippen MR) is 82.5 cm³/mol. The van der Waals surface area contributed by atoms with E-state index in [1.807, 2.05) is 0 Å². The highest BCUT2D eigenvalue weighted by atomic mass is 16.5. The molecule has 1 atom stereocenters. The first-order valence-electron chi connectivity index (χ1n) is 8.20. The number of nitrogens with one attached hydrogen (secondary N) is 1. The minimum Gasteiger partial charge on any atom is -0.376 e. The van der Waals surface area contributed by atoms with Crippen LogP contribution in [0.15, 0.2) is 0 Å². The molecule has 1 amide bonds. The third kappa shape index (κ3) is 7.85. The Balaban J connectivity index is 2.06. The van der Waals surface area contributed by atoms with Crippen molar-refractivity contribution in [2.24, 2.45) is 17.6 Å². The van der Waals surface area contributed by atoms with Crippen molar-refractivity contribution in [3.8, 4) is 0 Å². The second-order valence-corrected chi connectivity index (χ2v) is 6.42. The van der Waals surface area contributed by atoms with E-state index in [0.717, 1.165) is 6.42 Å². The molecule has 0 saturated heterocycles. The molecule has 3 N–H and O–H groups in total. The topological polar surface area (TPSA) is 64.4 Å². The molecule has 0 aliphatic heterocycles. The van der Waals surface area contributed by atoms with Crippen molar-refractivity contribution >= 4 is 5.91 Å². The second kappa shape index (κ2) is 10.2. The standard InChI is InChI=1S/C16H32N2O2/c1-13(2)10-14(12-17)11-16(19)18-8-9-20-15-6-4-3-5-7-15/h13-15H,3-12,17H2,1-2H3,(H,18,19)/t14-/m0/s1. The summed E-state index contributed by atoms with van der Waals surface area (Å²) in [5.74, 6) is 0.994. The molecular formula is C16H32N2O2. The molecule has 4 nitrogen and oxygen atoms in total. The van der Waals surface area contributed by atoms with Gasteiger partial charge in [0.05, 0.1) is 12.7 Å². The Hall–Kier alpha value is -0.610. The summed E-state index contributed by atoms with van der Waals surface area (Å²) in [6.45, 7) is 6.17. The minimum absolute atomic E-state index is 0.105. The van der Waals surface area contributed by atoms with E-state index in [0.29, 0.717) is 44.1 Å².